The van der Waals surface area contributed by atoms with Crippen molar-refractivity contribution in [2.45, 2.75) is 6.18 Å². The summed E-state index contributed by atoms with van der Waals surface area (Å²) in [5.41, 5.74) is 4.75. The summed E-state index contributed by atoms with van der Waals surface area (Å²) in [4.78, 5) is 23.7. The number of benzene rings is 2. The first-order valence-electron chi connectivity index (χ1n) is 9.27. The van der Waals surface area contributed by atoms with Gasteiger partial charge in [-0.3, -0.25) is 4.79 Å². The molecule has 2 rings (SSSR count). The van der Waals surface area contributed by atoms with Gasteiger partial charge in [-0.1, -0.05) is 18.2 Å². The van der Waals surface area contributed by atoms with Crippen molar-refractivity contribution in [2.24, 2.45) is 5.73 Å². The molecule has 0 aliphatic carbocycles. The van der Waals surface area contributed by atoms with Gasteiger partial charge in [0, 0.05) is 24.0 Å². The molecule has 2 aromatic carbocycles. The molecule has 5 N–H and O–H groups in total. The van der Waals surface area contributed by atoms with E-state index in [0.717, 1.165) is 12.1 Å². The molecule has 0 aliphatic heterocycles. The molecule has 0 saturated carbocycles. The van der Waals surface area contributed by atoms with Crippen LogP contribution in [0.5, 0.6) is 5.75 Å². The van der Waals surface area contributed by atoms with Gasteiger partial charge in [0.1, 0.15) is 11.5 Å². The first-order valence-corrected chi connectivity index (χ1v) is 9.65. The van der Waals surface area contributed by atoms with Gasteiger partial charge < -0.3 is 26.4 Å². The van der Waals surface area contributed by atoms with Crippen molar-refractivity contribution in [3.05, 3.63) is 89.3 Å². The number of amides is 3. The van der Waals surface area contributed by atoms with E-state index < -0.39 is 28.7 Å². The molecule has 0 bridgehead atoms. The van der Waals surface area contributed by atoms with Gasteiger partial charge in [0.25, 0.3) is 5.91 Å². The number of carbonyl (C=O) groups is 2. The van der Waals surface area contributed by atoms with Crippen molar-refractivity contribution >= 4 is 34.9 Å². The van der Waals surface area contributed by atoms with Crippen LogP contribution in [-0.4, -0.2) is 19.0 Å². The number of halogens is 4. The SMILES string of the molecule is C=C(/C=C(\C=C/N)Oc1ccc(NC(=O)Nc2ccc(Cl)c(C(F)(F)F)c2)cc1)C(=O)NC. The lowest BCUT2D eigenvalue weighted by molar-refractivity contribution is -0.137. The number of carbonyl (C=O) groups excluding carboxylic acids is 2. The predicted molar refractivity (Wildman–Crippen MR) is 121 cm³/mol. The molecule has 0 aromatic heterocycles. The Bertz CT molecular complexity index is 1100. The van der Waals surface area contributed by atoms with Gasteiger partial charge >= 0.3 is 12.2 Å². The van der Waals surface area contributed by atoms with Gasteiger partial charge in [-0.25, -0.2) is 4.79 Å². The Kier molecular flexibility index (Phi) is 8.52. The zero-order valence-corrected chi connectivity index (χ0v) is 18.1. The lowest BCUT2D eigenvalue weighted by Gasteiger charge is -2.13. The number of allylic oxidation sites excluding steroid dienone is 1. The molecule has 3 amide bonds. The van der Waals surface area contributed by atoms with Crippen LogP contribution in [0.4, 0.5) is 29.3 Å². The van der Waals surface area contributed by atoms with Crippen molar-refractivity contribution in [3.63, 3.8) is 0 Å². The van der Waals surface area contributed by atoms with Crippen LogP contribution >= 0.6 is 11.6 Å². The van der Waals surface area contributed by atoms with E-state index >= 15 is 0 Å². The van der Waals surface area contributed by atoms with Crippen LogP contribution in [0.15, 0.2) is 78.7 Å². The summed E-state index contributed by atoms with van der Waals surface area (Å²) in [7, 11) is 1.46. The Balaban J connectivity index is 2.05. The fourth-order valence-corrected chi connectivity index (χ4v) is 2.69. The van der Waals surface area contributed by atoms with Crippen LogP contribution in [0, 0.1) is 0 Å². The highest BCUT2D eigenvalue weighted by atomic mass is 35.5. The minimum atomic E-state index is -4.65. The number of likely N-dealkylation sites (N-methyl/N-ethyl adjacent to an activating group) is 1. The molecule has 0 aliphatic rings. The molecule has 0 unspecified atom stereocenters. The Morgan fingerprint density at radius 3 is 2.27 bits per heavy atom. The number of anilines is 2. The molecule has 174 valence electrons. The van der Waals surface area contributed by atoms with Gasteiger partial charge in [-0.2, -0.15) is 13.2 Å². The summed E-state index contributed by atoms with van der Waals surface area (Å²) in [6, 6.07) is 8.36. The van der Waals surface area contributed by atoms with Crippen molar-refractivity contribution in [2.75, 3.05) is 17.7 Å². The minimum Gasteiger partial charge on any atom is -0.457 e. The Morgan fingerprint density at radius 2 is 1.70 bits per heavy atom. The number of nitrogens with one attached hydrogen (secondary N) is 3. The van der Waals surface area contributed by atoms with Crippen LogP contribution in [0.3, 0.4) is 0 Å². The molecule has 0 fully saturated rings. The molecule has 2 aromatic rings. The number of nitrogens with two attached hydrogens (primary N) is 1. The Labute approximate surface area is 192 Å². The van der Waals surface area contributed by atoms with Crippen LogP contribution in [0.2, 0.25) is 5.02 Å². The number of hydrogen-bond acceptors (Lipinski definition) is 4. The zero-order chi connectivity index (χ0) is 24.6. The third-order valence-electron chi connectivity index (χ3n) is 3.97. The maximum Gasteiger partial charge on any atom is 0.417 e. The second-order valence-electron chi connectivity index (χ2n) is 6.41. The third-order valence-corrected chi connectivity index (χ3v) is 4.30. The smallest absolute Gasteiger partial charge is 0.417 e. The van der Waals surface area contributed by atoms with E-state index in [-0.39, 0.29) is 17.0 Å². The highest BCUT2D eigenvalue weighted by Crippen LogP contribution is 2.36. The third kappa shape index (κ3) is 7.62. The highest BCUT2D eigenvalue weighted by Gasteiger charge is 2.33. The van der Waals surface area contributed by atoms with Gasteiger partial charge in [-0.05, 0) is 60.8 Å². The number of ether oxygens (including phenoxy) is 1. The molecular weight excluding hydrogens is 461 g/mol. The molecule has 0 atom stereocenters. The second kappa shape index (κ2) is 11.1. The summed E-state index contributed by atoms with van der Waals surface area (Å²) in [6.45, 7) is 3.63. The summed E-state index contributed by atoms with van der Waals surface area (Å²) < 4.78 is 44.5. The summed E-state index contributed by atoms with van der Waals surface area (Å²) in [6.07, 6.45) is -0.609. The number of alkyl halides is 3. The van der Waals surface area contributed by atoms with Crippen molar-refractivity contribution < 1.29 is 27.5 Å². The summed E-state index contributed by atoms with van der Waals surface area (Å²) in [5, 5.41) is 6.76. The average Bonchev–Trinajstić information content (AvgIpc) is 2.75. The van der Waals surface area contributed by atoms with Crippen LogP contribution in [-0.2, 0) is 11.0 Å². The molecule has 33 heavy (non-hydrogen) atoms. The van der Waals surface area contributed by atoms with Crippen LogP contribution < -0.4 is 26.4 Å². The van der Waals surface area contributed by atoms with E-state index in [9.17, 15) is 22.8 Å². The van der Waals surface area contributed by atoms with Crippen molar-refractivity contribution in [1.82, 2.24) is 5.32 Å². The first-order chi connectivity index (χ1) is 15.5. The monoisotopic (exact) mass is 480 g/mol. The summed E-state index contributed by atoms with van der Waals surface area (Å²) in [5.74, 6) is 0.213. The molecule has 11 heteroatoms. The molecule has 0 spiro atoms. The van der Waals surface area contributed by atoms with E-state index in [4.69, 9.17) is 22.1 Å². The standard InChI is InChI=1S/C22H20ClF3N4O3/c1-13(20(31)28-2)11-17(9-10-27)33-16-6-3-14(4-7-16)29-21(32)30-15-5-8-19(23)18(12-15)22(24,25)26/h3-12H,1,27H2,2H3,(H,28,31)(H2,29,30,32)/b10-9-,17-11+. The molecule has 0 heterocycles. The normalized spacial score (nSPS) is 11.7. The van der Waals surface area contributed by atoms with Crippen molar-refractivity contribution in [1.29, 1.82) is 0 Å². The van der Waals surface area contributed by atoms with E-state index in [1.807, 2.05) is 0 Å². The van der Waals surface area contributed by atoms with Gasteiger partial charge in [0.15, 0.2) is 0 Å². The van der Waals surface area contributed by atoms with Gasteiger partial charge in [-0.15, -0.1) is 0 Å². The average molecular weight is 481 g/mol. The van der Waals surface area contributed by atoms with E-state index in [2.05, 4.69) is 22.5 Å². The fraction of sp³-hybridized carbons (Fsp3) is 0.0909. The van der Waals surface area contributed by atoms with Crippen LogP contribution in [0.25, 0.3) is 0 Å². The van der Waals surface area contributed by atoms with E-state index in [0.29, 0.717) is 11.4 Å². The van der Waals surface area contributed by atoms with Crippen LogP contribution in [0.1, 0.15) is 5.56 Å². The fourth-order valence-electron chi connectivity index (χ4n) is 2.46. The topological polar surface area (TPSA) is 105 Å². The zero-order valence-electron chi connectivity index (χ0n) is 17.3. The number of rotatable bonds is 7. The molecular formula is C22H20ClF3N4O3. The quantitative estimate of drug-likeness (QED) is 0.253. The Hall–Kier alpha value is -3.92. The van der Waals surface area contributed by atoms with Gasteiger partial charge in [0.05, 0.1) is 10.6 Å². The van der Waals surface area contributed by atoms with E-state index in [1.165, 1.54) is 55.7 Å². The second-order valence-corrected chi connectivity index (χ2v) is 6.82. The summed E-state index contributed by atoms with van der Waals surface area (Å²) >= 11 is 5.57. The lowest BCUT2D eigenvalue weighted by Crippen LogP contribution is -2.20. The largest absolute Gasteiger partial charge is 0.457 e. The number of hydrogen-bond donors (Lipinski definition) is 4. The van der Waals surface area contributed by atoms with Crippen molar-refractivity contribution in [3.8, 4) is 5.75 Å². The lowest BCUT2D eigenvalue weighted by atomic mass is 10.2. The number of urea groups is 1. The Morgan fingerprint density at radius 1 is 1.09 bits per heavy atom. The molecule has 0 saturated heterocycles. The maximum absolute atomic E-state index is 13.0. The molecule has 7 nitrogen and oxygen atoms in total. The maximum atomic E-state index is 13.0. The molecule has 0 radical (unpaired) electrons. The first kappa shape index (κ1) is 25.3. The predicted octanol–water partition coefficient (Wildman–Crippen LogP) is 5.04. The van der Waals surface area contributed by atoms with E-state index in [1.54, 1.807) is 0 Å². The van der Waals surface area contributed by atoms with Gasteiger partial charge in [0.2, 0.25) is 0 Å². The highest BCUT2D eigenvalue weighted by molar-refractivity contribution is 6.31. The minimum absolute atomic E-state index is 0.0797.